The lowest BCUT2D eigenvalue weighted by molar-refractivity contribution is -0.0337. The first-order chi connectivity index (χ1) is 18.2. The molecular formula is C27H24F3N3O4S. The summed E-state index contributed by atoms with van der Waals surface area (Å²) in [6, 6.07) is 11.9. The second-order valence-electron chi connectivity index (χ2n) is 8.55. The summed E-state index contributed by atoms with van der Waals surface area (Å²) in [7, 11) is -0.199. The van der Waals surface area contributed by atoms with Crippen molar-refractivity contribution in [3.8, 4) is 23.8 Å². The Labute approximate surface area is 219 Å². The Morgan fingerprint density at radius 2 is 1.89 bits per heavy atom. The minimum atomic E-state index is -2.32. The van der Waals surface area contributed by atoms with Crippen molar-refractivity contribution in [2.24, 2.45) is 0 Å². The quantitative estimate of drug-likeness (QED) is 0.320. The molecule has 2 aromatic carbocycles. The van der Waals surface area contributed by atoms with Crippen LogP contribution in [0.3, 0.4) is 0 Å². The van der Waals surface area contributed by atoms with Gasteiger partial charge in [0.15, 0.2) is 16.8 Å². The van der Waals surface area contributed by atoms with Crippen LogP contribution in [0.4, 0.5) is 19.0 Å². The zero-order chi connectivity index (χ0) is 27.3. The van der Waals surface area contributed by atoms with E-state index >= 15 is 0 Å². The Hall–Kier alpha value is -4.04. The Morgan fingerprint density at radius 3 is 2.50 bits per heavy atom. The van der Waals surface area contributed by atoms with Crippen molar-refractivity contribution >= 4 is 27.7 Å². The predicted octanol–water partition coefficient (Wildman–Crippen LogP) is 5.83. The summed E-state index contributed by atoms with van der Waals surface area (Å²) in [6.07, 6.45) is 9.34. The number of rotatable bonds is 5. The lowest BCUT2D eigenvalue weighted by atomic mass is 9.97. The summed E-state index contributed by atoms with van der Waals surface area (Å²) in [5.41, 5.74) is 0.332. The van der Waals surface area contributed by atoms with E-state index in [1.165, 1.54) is 36.1 Å². The predicted molar refractivity (Wildman–Crippen MR) is 139 cm³/mol. The standard InChI is InChI=1S/C21H14FN3O4S.C6H10F2/c1-3-13-11-19(28-2)18(12-16(13)22)25-17-6-5-15(10-14(17)4-7-21(25)26)30(27)24-20-8-9-29-23-20;7-6(8)4-2-1-3-5-6/h1,4-12H,2H3,(H,23,24);1-5H2. The van der Waals surface area contributed by atoms with Crippen LogP contribution in [0, 0.1) is 18.2 Å². The van der Waals surface area contributed by atoms with Crippen molar-refractivity contribution in [3.63, 3.8) is 0 Å². The highest BCUT2D eigenvalue weighted by atomic mass is 32.2. The lowest BCUT2D eigenvalue weighted by Gasteiger charge is -2.20. The fourth-order valence-corrected chi connectivity index (χ4v) is 4.91. The number of nitrogens with zero attached hydrogens (tertiary/aromatic N) is 2. The van der Waals surface area contributed by atoms with Gasteiger partial charge in [-0.3, -0.25) is 14.1 Å². The number of halogens is 3. The number of terminal acetylenes is 1. The summed E-state index contributed by atoms with van der Waals surface area (Å²) in [5, 5.41) is 4.28. The second kappa shape index (κ2) is 11.6. The van der Waals surface area contributed by atoms with Gasteiger partial charge in [0, 0.05) is 42.5 Å². The van der Waals surface area contributed by atoms with Crippen molar-refractivity contribution in [2.75, 3.05) is 11.8 Å². The summed E-state index contributed by atoms with van der Waals surface area (Å²) in [6.45, 7) is 0. The van der Waals surface area contributed by atoms with Gasteiger partial charge < -0.3 is 9.26 Å². The van der Waals surface area contributed by atoms with Crippen LogP contribution in [-0.2, 0) is 11.0 Å². The topological polar surface area (TPSA) is 86.4 Å². The molecule has 1 saturated carbocycles. The van der Waals surface area contributed by atoms with E-state index in [4.69, 9.17) is 15.7 Å². The summed E-state index contributed by atoms with van der Waals surface area (Å²) < 4.78 is 65.4. The van der Waals surface area contributed by atoms with Crippen molar-refractivity contribution in [1.29, 1.82) is 0 Å². The molecule has 4 aromatic rings. The normalized spacial score (nSPS) is 15.1. The van der Waals surface area contributed by atoms with Gasteiger partial charge in [-0.15, -0.1) is 6.42 Å². The molecule has 198 valence electrons. The Morgan fingerprint density at radius 1 is 1.13 bits per heavy atom. The van der Waals surface area contributed by atoms with E-state index in [2.05, 4.69) is 15.8 Å². The number of alkyl halides is 2. The molecule has 38 heavy (non-hydrogen) atoms. The molecule has 1 atom stereocenters. The zero-order valence-electron chi connectivity index (χ0n) is 20.4. The third-order valence-corrected chi connectivity index (χ3v) is 7.04. The van der Waals surface area contributed by atoms with E-state index in [1.54, 1.807) is 24.3 Å². The highest BCUT2D eigenvalue weighted by molar-refractivity contribution is 7.86. The van der Waals surface area contributed by atoms with Crippen LogP contribution in [0.15, 0.2) is 69.0 Å². The van der Waals surface area contributed by atoms with E-state index < -0.39 is 22.7 Å². The van der Waals surface area contributed by atoms with Gasteiger partial charge in [0.05, 0.1) is 28.8 Å². The van der Waals surface area contributed by atoms with Crippen LogP contribution in [-0.4, -0.2) is 27.0 Å². The van der Waals surface area contributed by atoms with E-state index in [0.717, 1.165) is 12.5 Å². The van der Waals surface area contributed by atoms with Crippen LogP contribution >= 0.6 is 0 Å². The Balaban J connectivity index is 0.000000360. The van der Waals surface area contributed by atoms with Gasteiger partial charge in [-0.25, -0.2) is 17.4 Å². The average Bonchev–Trinajstić information content (AvgIpc) is 3.41. The number of methoxy groups -OCH3 is 1. The van der Waals surface area contributed by atoms with Gasteiger partial charge in [-0.1, -0.05) is 17.5 Å². The fourth-order valence-electron chi connectivity index (χ4n) is 4.07. The van der Waals surface area contributed by atoms with Gasteiger partial charge in [0.25, 0.3) is 5.56 Å². The summed E-state index contributed by atoms with van der Waals surface area (Å²) in [5.74, 6) is -0.149. The van der Waals surface area contributed by atoms with E-state index in [1.807, 2.05) is 0 Å². The molecule has 0 bridgehead atoms. The van der Waals surface area contributed by atoms with Crippen LogP contribution < -0.4 is 15.0 Å². The fraction of sp³-hybridized carbons (Fsp3) is 0.259. The largest absolute Gasteiger partial charge is 0.495 e. The molecule has 5 rings (SSSR count). The van der Waals surface area contributed by atoms with Crippen molar-refractivity contribution in [1.82, 2.24) is 9.72 Å². The summed E-state index contributed by atoms with van der Waals surface area (Å²) in [4.78, 5) is 13.1. The molecule has 2 heterocycles. The van der Waals surface area contributed by atoms with Crippen molar-refractivity contribution in [2.45, 2.75) is 42.9 Å². The number of aromatic nitrogens is 2. The number of nitrogens with one attached hydrogen (secondary N) is 1. The van der Waals surface area contributed by atoms with E-state index in [9.17, 15) is 22.2 Å². The van der Waals surface area contributed by atoms with Gasteiger partial charge in [-0.05, 0) is 37.1 Å². The van der Waals surface area contributed by atoms with Gasteiger partial charge >= 0.3 is 0 Å². The SMILES string of the molecule is C#Cc1cc(OC)c(-n2c(=O)ccc3cc(S(=O)Nc4ccon4)ccc32)cc1F.FC1(F)CCCCC1. The second-order valence-corrected chi connectivity index (χ2v) is 9.76. The molecule has 0 saturated heterocycles. The minimum absolute atomic E-state index is 0.0282. The first-order valence-corrected chi connectivity index (χ1v) is 12.8. The smallest absolute Gasteiger partial charge is 0.255 e. The molecule has 1 N–H and O–H groups in total. The van der Waals surface area contributed by atoms with Crippen LogP contribution in [0.2, 0.25) is 0 Å². The highest BCUT2D eigenvalue weighted by Crippen LogP contribution is 2.32. The number of hydrogen-bond donors (Lipinski definition) is 1. The molecule has 1 aliphatic rings. The minimum Gasteiger partial charge on any atom is -0.495 e. The number of anilines is 1. The van der Waals surface area contributed by atoms with Gasteiger partial charge in [0.1, 0.15) is 17.8 Å². The molecule has 1 fully saturated rings. The van der Waals surface area contributed by atoms with Gasteiger partial charge in [0.2, 0.25) is 5.92 Å². The average molecular weight is 544 g/mol. The maximum Gasteiger partial charge on any atom is 0.255 e. The Kier molecular flexibility index (Phi) is 8.22. The molecule has 0 aliphatic heterocycles. The van der Waals surface area contributed by atoms with Crippen LogP contribution in [0.1, 0.15) is 37.7 Å². The maximum absolute atomic E-state index is 14.4. The Bertz CT molecular complexity index is 1550. The number of ether oxygens (including phenoxy) is 1. The molecule has 0 amide bonds. The molecular weight excluding hydrogens is 519 g/mol. The third-order valence-electron chi connectivity index (χ3n) is 5.96. The molecule has 0 radical (unpaired) electrons. The van der Waals surface area contributed by atoms with E-state index in [0.29, 0.717) is 34.5 Å². The third kappa shape index (κ3) is 6.08. The molecule has 0 spiro atoms. The number of pyridine rings is 1. The molecule has 1 unspecified atom stereocenters. The van der Waals surface area contributed by atoms with Crippen LogP contribution in [0.5, 0.6) is 5.75 Å². The number of hydrogen-bond acceptors (Lipinski definition) is 5. The number of fused-ring (bicyclic) bond motifs is 1. The molecule has 2 aromatic heterocycles. The monoisotopic (exact) mass is 543 g/mol. The lowest BCUT2D eigenvalue weighted by Crippen LogP contribution is -2.18. The van der Waals surface area contributed by atoms with Crippen LogP contribution in [0.25, 0.3) is 16.6 Å². The van der Waals surface area contributed by atoms with Crippen molar-refractivity contribution < 1.29 is 26.6 Å². The highest BCUT2D eigenvalue weighted by Gasteiger charge is 2.30. The maximum atomic E-state index is 14.4. The summed E-state index contributed by atoms with van der Waals surface area (Å²) >= 11 is 0. The first kappa shape index (κ1) is 27.0. The number of benzene rings is 2. The zero-order valence-corrected chi connectivity index (χ0v) is 21.2. The first-order valence-electron chi connectivity index (χ1n) is 11.7. The van der Waals surface area contributed by atoms with E-state index in [-0.39, 0.29) is 35.4 Å². The molecule has 1 aliphatic carbocycles. The molecule has 11 heteroatoms. The molecule has 7 nitrogen and oxygen atoms in total. The van der Waals surface area contributed by atoms with Gasteiger partial charge in [-0.2, -0.15) is 0 Å². The van der Waals surface area contributed by atoms with Crippen molar-refractivity contribution in [3.05, 3.63) is 76.5 Å².